The van der Waals surface area contributed by atoms with Crippen LogP contribution in [-0.2, 0) is 27.2 Å². The van der Waals surface area contributed by atoms with E-state index in [1.165, 1.54) is 0 Å². The second-order valence-electron chi connectivity index (χ2n) is 8.58. The monoisotopic (exact) mass is 524 g/mol. The molecule has 0 radical (unpaired) electrons. The molecule has 0 aromatic rings. The van der Waals surface area contributed by atoms with Crippen molar-refractivity contribution in [1.82, 2.24) is 0 Å². The van der Waals surface area contributed by atoms with Crippen LogP contribution >= 0.6 is 0 Å². The van der Waals surface area contributed by atoms with E-state index in [0.29, 0.717) is 52.1 Å². The first-order valence-electron chi connectivity index (χ1n) is 12.5. The van der Waals surface area contributed by atoms with Gasteiger partial charge in [0.2, 0.25) is 0 Å². The normalized spacial score (nSPS) is 12.5. The van der Waals surface area contributed by atoms with E-state index >= 15 is 0 Å². The van der Waals surface area contributed by atoms with Gasteiger partial charge in [-0.05, 0) is 91.4 Å². The predicted octanol–water partition coefficient (Wildman–Crippen LogP) is 4.55. The van der Waals surface area contributed by atoms with Gasteiger partial charge in [0.15, 0.2) is 0 Å². The number of hydrogen-bond acceptors (Lipinski definition) is 8. The van der Waals surface area contributed by atoms with Gasteiger partial charge in [-0.2, -0.15) is 0 Å². The van der Waals surface area contributed by atoms with E-state index in [1.54, 1.807) is 0 Å². The average molecular weight is 525 g/mol. The molecule has 202 valence electrons. The van der Waals surface area contributed by atoms with Gasteiger partial charge in [-0.15, -0.1) is 0 Å². The smallest absolute Gasteiger partial charge is 0.405 e. The van der Waals surface area contributed by atoms with E-state index in [4.69, 9.17) is 38.6 Å². The number of carbonyl (C=O) groups is 2. The van der Waals surface area contributed by atoms with E-state index in [2.05, 4.69) is 13.1 Å². The summed E-state index contributed by atoms with van der Waals surface area (Å²) in [6.07, 6.45) is 2.02. The van der Waals surface area contributed by atoms with Crippen molar-refractivity contribution in [2.45, 2.75) is 97.0 Å². The Labute approximate surface area is 207 Å². The molecule has 0 aliphatic carbocycles. The largest absolute Gasteiger partial charge is 0.450 e. The molecule has 0 atom stereocenters. The number of hydrogen-bond donors (Lipinski definition) is 2. The molecular formula is C22H48N2O8Si2. The maximum atomic E-state index is 11.9. The molecule has 0 fully saturated rings. The Hall–Kier alpha value is -1.19. The fraction of sp³-hybridized carbons (Fsp3) is 0.909. The van der Waals surface area contributed by atoms with Crippen molar-refractivity contribution >= 4 is 29.3 Å². The van der Waals surface area contributed by atoms with Crippen LogP contribution in [-0.4, -0.2) is 67.9 Å². The van der Waals surface area contributed by atoms with Crippen LogP contribution in [0.3, 0.4) is 0 Å². The van der Waals surface area contributed by atoms with Gasteiger partial charge in [0, 0.05) is 26.4 Å². The van der Waals surface area contributed by atoms with Crippen molar-refractivity contribution in [3.05, 3.63) is 0 Å². The molecule has 34 heavy (non-hydrogen) atoms. The number of primary amides is 2. The van der Waals surface area contributed by atoms with Crippen LogP contribution < -0.4 is 11.5 Å². The summed E-state index contributed by atoms with van der Waals surface area (Å²) >= 11 is 0. The van der Waals surface area contributed by atoms with E-state index in [1.807, 2.05) is 27.7 Å². The number of rotatable bonds is 21. The van der Waals surface area contributed by atoms with Gasteiger partial charge in [-0.1, -0.05) is 0 Å². The molecule has 0 rings (SSSR count). The van der Waals surface area contributed by atoms with E-state index in [0.717, 1.165) is 24.9 Å². The highest BCUT2D eigenvalue weighted by Gasteiger charge is 2.38. The quantitative estimate of drug-likeness (QED) is 0.164. The maximum Gasteiger partial charge on any atom is 0.405 e. The summed E-state index contributed by atoms with van der Waals surface area (Å²) in [6.45, 7) is 14.5. The molecular weight excluding hydrogens is 476 g/mol. The highest BCUT2D eigenvalue weighted by Crippen LogP contribution is 2.34. The minimum absolute atomic E-state index is 0.147. The van der Waals surface area contributed by atoms with Crippen LogP contribution in [0.25, 0.3) is 0 Å². The molecule has 0 aromatic carbocycles. The Morgan fingerprint density at radius 1 is 0.676 bits per heavy atom. The summed E-state index contributed by atoms with van der Waals surface area (Å²) in [5.74, 6) is 0. The van der Waals surface area contributed by atoms with Gasteiger partial charge in [0.05, 0.1) is 6.61 Å². The Kier molecular flexibility index (Phi) is 16.7. The minimum Gasteiger partial charge on any atom is -0.450 e. The molecule has 0 aromatic heterocycles. The molecule has 2 amide bonds. The van der Waals surface area contributed by atoms with Gasteiger partial charge in [0.1, 0.15) is 5.60 Å². The molecule has 0 aliphatic heterocycles. The SMILES string of the molecule is CCO[Si](C)(CCCC(CCCOC(N)=O)(CCC[Si](C)(OCC)OCC)OC(N)=O)OCC. The van der Waals surface area contributed by atoms with Gasteiger partial charge < -0.3 is 38.6 Å². The fourth-order valence-electron chi connectivity index (χ4n) is 4.37. The minimum atomic E-state index is -2.32. The Morgan fingerprint density at radius 2 is 1.06 bits per heavy atom. The molecule has 10 nitrogen and oxygen atoms in total. The van der Waals surface area contributed by atoms with Crippen molar-refractivity contribution < 1.29 is 36.8 Å². The summed E-state index contributed by atoms with van der Waals surface area (Å²) in [6, 6.07) is 1.53. The molecule has 0 aliphatic rings. The summed E-state index contributed by atoms with van der Waals surface area (Å²) in [7, 11) is -4.63. The van der Waals surface area contributed by atoms with Crippen LogP contribution in [0.2, 0.25) is 25.2 Å². The molecule has 0 heterocycles. The van der Waals surface area contributed by atoms with Crippen molar-refractivity contribution in [3.8, 4) is 0 Å². The zero-order valence-electron chi connectivity index (χ0n) is 22.1. The third kappa shape index (κ3) is 14.3. The van der Waals surface area contributed by atoms with Crippen LogP contribution in [0, 0.1) is 0 Å². The number of nitrogens with two attached hydrogens (primary N) is 2. The van der Waals surface area contributed by atoms with Gasteiger partial charge >= 0.3 is 29.3 Å². The molecule has 0 bridgehead atoms. The molecule has 0 saturated carbocycles. The number of amides is 2. The number of carbonyl (C=O) groups excluding carboxylic acids is 2. The third-order valence-electron chi connectivity index (χ3n) is 5.66. The molecule has 12 heteroatoms. The van der Waals surface area contributed by atoms with Crippen molar-refractivity contribution in [1.29, 1.82) is 0 Å². The Balaban J connectivity index is 5.46. The molecule has 4 N–H and O–H groups in total. The first kappa shape index (κ1) is 32.8. The first-order chi connectivity index (χ1) is 16.0. The zero-order valence-corrected chi connectivity index (χ0v) is 24.1. The Morgan fingerprint density at radius 3 is 1.38 bits per heavy atom. The van der Waals surface area contributed by atoms with Gasteiger partial charge in [0.25, 0.3) is 0 Å². The van der Waals surface area contributed by atoms with Gasteiger partial charge in [-0.3, -0.25) is 0 Å². The standard InChI is InChI=1S/C22H48N2O8Si2/c1-7-28-33(5,29-8-2)18-12-15-22(32-21(24)26,14-11-17-27-20(23)25)16-13-19-34(6,30-9-3)31-10-4/h7-19H2,1-6H3,(H2,23,25)(H2,24,26). The average Bonchev–Trinajstić information content (AvgIpc) is 2.71. The highest BCUT2D eigenvalue weighted by atomic mass is 28.4. The zero-order chi connectivity index (χ0) is 26.1. The lowest BCUT2D eigenvalue weighted by Crippen LogP contribution is -2.42. The summed E-state index contributed by atoms with van der Waals surface area (Å²) in [5, 5.41) is 0. The third-order valence-corrected chi connectivity index (χ3v) is 11.8. The van der Waals surface area contributed by atoms with Crippen molar-refractivity contribution in [3.63, 3.8) is 0 Å². The molecule has 0 unspecified atom stereocenters. The lowest BCUT2D eigenvalue weighted by Gasteiger charge is -2.35. The topological polar surface area (TPSA) is 142 Å². The second-order valence-corrected chi connectivity index (χ2v) is 15.3. The van der Waals surface area contributed by atoms with E-state index in [-0.39, 0.29) is 6.61 Å². The summed E-state index contributed by atoms with van der Waals surface area (Å²) in [5.41, 5.74) is 9.77. The van der Waals surface area contributed by atoms with Crippen molar-refractivity contribution in [2.75, 3.05) is 33.0 Å². The van der Waals surface area contributed by atoms with E-state index < -0.39 is 34.9 Å². The predicted molar refractivity (Wildman–Crippen MR) is 136 cm³/mol. The highest BCUT2D eigenvalue weighted by molar-refractivity contribution is 6.66. The molecule has 0 spiro atoms. The second kappa shape index (κ2) is 17.3. The van der Waals surface area contributed by atoms with Crippen LogP contribution in [0.1, 0.15) is 66.2 Å². The lowest BCUT2D eigenvalue weighted by atomic mass is 9.87. The fourth-order valence-corrected chi connectivity index (χ4v) is 9.19. The Bertz CT molecular complexity index is 543. The van der Waals surface area contributed by atoms with Gasteiger partial charge in [-0.25, -0.2) is 9.59 Å². The summed E-state index contributed by atoms with van der Waals surface area (Å²) < 4.78 is 34.5. The lowest BCUT2D eigenvalue weighted by molar-refractivity contribution is -0.0108. The molecule has 0 saturated heterocycles. The van der Waals surface area contributed by atoms with E-state index in [9.17, 15) is 9.59 Å². The van der Waals surface area contributed by atoms with Crippen LogP contribution in [0.5, 0.6) is 0 Å². The van der Waals surface area contributed by atoms with Crippen molar-refractivity contribution in [2.24, 2.45) is 11.5 Å². The first-order valence-corrected chi connectivity index (χ1v) is 17.5. The maximum absolute atomic E-state index is 11.9. The van der Waals surface area contributed by atoms with Crippen LogP contribution in [0.4, 0.5) is 9.59 Å². The van der Waals surface area contributed by atoms with Crippen LogP contribution in [0.15, 0.2) is 0 Å². The number of ether oxygens (including phenoxy) is 2. The summed E-state index contributed by atoms with van der Waals surface area (Å²) in [4.78, 5) is 22.9.